The van der Waals surface area contributed by atoms with Crippen LogP contribution in [0.25, 0.3) is 11.0 Å². The minimum absolute atomic E-state index is 0.0366. The van der Waals surface area contributed by atoms with E-state index in [4.69, 9.17) is 14.9 Å². The predicted molar refractivity (Wildman–Crippen MR) is 141 cm³/mol. The van der Waals surface area contributed by atoms with E-state index in [1.54, 1.807) is 0 Å². The average Bonchev–Trinajstić information content (AvgIpc) is 3.16. The number of rotatable bonds is 12. The Morgan fingerprint density at radius 1 is 0.972 bits per heavy atom. The minimum atomic E-state index is -0.470. The lowest BCUT2D eigenvalue weighted by Crippen LogP contribution is -2.09. The van der Waals surface area contributed by atoms with E-state index in [1.165, 1.54) is 24.3 Å². The number of carbonyl (C=O) groups excluding carboxylic acids is 3. The van der Waals surface area contributed by atoms with Gasteiger partial charge in [-0.05, 0) is 69.3 Å². The molecule has 36 heavy (non-hydrogen) atoms. The Morgan fingerprint density at radius 2 is 1.67 bits per heavy atom. The summed E-state index contributed by atoms with van der Waals surface area (Å²) in [6.07, 6.45) is 4.36. The number of ketones is 1. The molecule has 0 unspecified atom stereocenters. The van der Waals surface area contributed by atoms with Crippen LogP contribution in [0.1, 0.15) is 73.6 Å². The summed E-state index contributed by atoms with van der Waals surface area (Å²) in [6, 6.07) is 5.77. The van der Waals surface area contributed by atoms with Crippen LogP contribution in [0.4, 0.5) is 0 Å². The number of phenols is 2. The van der Waals surface area contributed by atoms with Gasteiger partial charge < -0.3 is 25.1 Å². The van der Waals surface area contributed by atoms with Gasteiger partial charge in [0.15, 0.2) is 17.3 Å². The summed E-state index contributed by atoms with van der Waals surface area (Å²) in [4.78, 5) is 36.7. The Bertz CT molecular complexity index is 1280. The molecule has 10 heteroatoms. The number of carbonyl (C=O) groups is 3. The highest BCUT2D eigenvalue weighted by atomic mass is 79.9. The fraction of sp³-hybridized carbons (Fsp3) is 0.346. The number of phenolic OH excluding ortho intramolecular Hbond substituents is 2. The van der Waals surface area contributed by atoms with Crippen LogP contribution in [0.5, 0.6) is 17.2 Å². The molecule has 1 amide bonds. The average molecular weight is 625 g/mol. The van der Waals surface area contributed by atoms with E-state index in [0.717, 1.165) is 6.42 Å². The molecule has 0 radical (unpaired) electrons. The van der Waals surface area contributed by atoms with Gasteiger partial charge in [-0.2, -0.15) is 0 Å². The van der Waals surface area contributed by atoms with Gasteiger partial charge in [-0.1, -0.05) is 19.8 Å². The quantitative estimate of drug-likeness (QED) is 0.0931. The topological polar surface area (TPSA) is 140 Å². The SMILES string of the molecule is CCCCC(=O)Oc1cc2oc(CCCCCC(N)=O)c(C(=O)c3cc(Br)c(O)c(Br)c3)c2cc1O. The first-order chi connectivity index (χ1) is 17.1. The smallest absolute Gasteiger partial charge is 0.311 e. The van der Waals surface area contributed by atoms with Crippen molar-refractivity contribution in [1.29, 1.82) is 0 Å². The number of amides is 1. The summed E-state index contributed by atoms with van der Waals surface area (Å²) in [5.74, 6) is -1.16. The molecule has 0 spiro atoms. The molecule has 0 fully saturated rings. The number of ether oxygens (including phenoxy) is 1. The molecule has 3 aromatic rings. The Morgan fingerprint density at radius 3 is 2.31 bits per heavy atom. The third kappa shape index (κ3) is 6.67. The molecular formula is C26H27Br2NO7. The van der Waals surface area contributed by atoms with E-state index >= 15 is 0 Å². The second-order valence-corrected chi connectivity index (χ2v) is 10.1. The van der Waals surface area contributed by atoms with Crippen LogP contribution in [-0.2, 0) is 16.0 Å². The van der Waals surface area contributed by atoms with Crippen molar-refractivity contribution < 1.29 is 33.8 Å². The molecule has 0 bridgehead atoms. The second kappa shape index (κ2) is 12.4. The van der Waals surface area contributed by atoms with Gasteiger partial charge in [-0.15, -0.1) is 0 Å². The van der Waals surface area contributed by atoms with Crippen LogP contribution in [0.3, 0.4) is 0 Å². The zero-order valence-electron chi connectivity index (χ0n) is 19.7. The summed E-state index contributed by atoms with van der Waals surface area (Å²) in [5.41, 5.74) is 6.05. The van der Waals surface area contributed by atoms with E-state index in [-0.39, 0.29) is 47.3 Å². The van der Waals surface area contributed by atoms with Crippen LogP contribution in [0, 0.1) is 0 Å². The normalized spacial score (nSPS) is 11.1. The largest absolute Gasteiger partial charge is 0.506 e. The van der Waals surface area contributed by atoms with E-state index in [2.05, 4.69) is 31.9 Å². The van der Waals surface area contributed by atoms with Gasteiger partial charge in [0.2, 0.25) is 5.91 Å². The Balaban J connectivity index is 2.00. The molecule has 1 aromatic heterocycles. The van der Waals surface area contributed by atoms with Crippen LogP contribution in [0.2, 0.25) is 0 Å². The van der Waals surface area contributed by atoms with Gasteiger partial charge in [0.1, 0.15) is 17.1 Å². The van der Waals surface area contributed by atoms with Crippen molar-refractivity contribution in [2.24, 2.45) is 5.73 Å². The monoisotopic (exact) mass is 623 g/mol. The highest BCUT2D eigenvalue weighted by Crippen LogP contribution is 2.39. The molecule has 192 valence electrons. The van der Waals surface area contributed by atoms with Gasteiger partial charge in [-0.3, -0.25) is 14.4 Å². The molecule has 0 saturated heterocycles. The molecule has 0 aliphatic rings. The summed E-state index contributed by atoms with van der Waals surface area (Å²) in [5, 5.41) is 21.0. The molecule has 0 aliphatic heterocycles. The zero-order chi connectivity index (χ0) is 26.4. The van der Waals surface area contributed by atoms with E-state index in [9.17, 15) is 24.6 Å². The molecule has 1 heterocycles. The van der Waals surface area contributed by atoms with Crippen molar-refractivity contribution in [3.63, 3.8) is 0 Å². The molecule has 8 nitrogen and oxygen atoms in total. The highest BCUT2D eigenvalue weighted by Gasteiger charge is 2.25. The maximum absolute atomic E-state index is 13.6. The molecular weight excluding hydrogens is 598 g/mol. The summed E-state index contributed by atoms with van der Waals surface area (Å²) < 4.78 is 12.0. The van der Waals surface area contributed by atoms with Crippen molar-refractivity contribution in [3.8, 4) is 17.2 Å². The third-order valence-corrected chi connectivity index (χ3v) is 6.84. The molecule has 2 aromatic carbocycles. The zero-order valence-corrected chi connectivity index (χ0v) is 22.9. The maximum Gasteiger partial charge on any atom is 0.311 e. The Hall–Kier alpha value is -2.85. The summed E-state index contributed by atoms with van der Waals surface area (Å²) in [6.45, 7) is 1.96. The number of fused-ring (bicyclic) bond motifs is 1. The fourth-order valence-electron chi connectivity index (χ4n) is 3.77. The van der Waals surface area contributed by atoms with Crippen LogP contribution in [0.15, 0.2) is 37.6 Å². The van der Waals surface area contributed by atoms with Crippen LogP contribution >= 0.6 is 31.9 Å². The van der Waals surface area contributed by atoms with Gasteiger partial charge >= 0.3 is 5.97 Å². The Labute approximate surface area is 225 Å². The standard InChI is InChI=1S/C26H27Br2NO7/c1-2-3-9-23(32)36-21-13-20-15(12-18(21)30)24(19(35-20)7-5-4-6-8-22(29)31)25(33)14-10-16(27)26(34)17(28)11-14/h10-13,30,34H,2-9H2,1H3,(H2,29,31). The van der Waals surface area contributed by atoms with E-state index < -0.39 is 5.97 Å². The number of hydrogen-bond donors (Lipinski definition) is 3. The number of unbranched alkanes of at least 4 members (excludes halogenated alkanes) is 3. The lowest BCUT2D eigenvalue weighted by atomic mass is 9.97. The first-order valence-corrected chi connectivity index (χ1v) is 13.2. The van der Waals surface area contributed by atoms with Gasteiger partial charge in [0.05, 0.1) is 14.5 Å². The van der Waals surface area contributed by atoms with Crippen LogP contribution in [-0.4, -0.2) is 27.9 Å². The molecule has 0 saturated carbocycles. The molecule has 0 atom stereocenters. The van der Waals surface area contributed by atoms with Crippen molar-refractivity contribution in [2.75, 3.05) is 0 Å². The number of benzene rings is 2. The summed E-state index contributed by atoms with van der Waals surface area (Å²) >= 11 is 6.50. The molecule has 3 rings (SSSR count). The van der Waals surface area contributed by atoms with Crippen molar-refractivity contribution in [2.45, 2.75) is 58.3 Å². The number of furan rings is 1. The lowest BCUT2D eigenvalue weighted by Gasteiger charge is -2.08. The third-order valence-electron chi connectivity index (χ3n) is 5.63. The first-order valence-electron chi connectivity index (χ1n) is 11.6. The van der Waals surface area contributed by atoms with Crippen LogP contribution < -0.4 is 10.5 Å². The highest BCUT2D eigenvalue weighted by molar-refractivity contribution is 9.11. The maximum atomic E-state index is 13.6. The number of esters is 1. The van der Waals surface area contributed by atoms with Crippen molar-refractivity contribution in [3.05, 3.63) is 50.1 Å². The van der Waals surface area contributed by atoms with Crippen molar-refractivity contribution >= 4 is 60.5 Å². The number of halogens is 2. The number of aromatic hydroxyl groups is 2. The fourth-order valence-corrected chi connectivity index (χ4v) is 4.95. The minimum Gasteiger partial charge on any atom is -0.506 e. The number of aryl methyl sites for hydroxylation is 1. The number of nitrogens with two attached hydrogens (primary N) is 1. The van der Waals surface area contributed by atoms with Crippen molar-refractivity contribution in [1.82, 2.24) is 0 Å². The Kier molecular flexibility index (Phi) is 9.56. The van der Waals surface area contributed by atoms with E-state index in [1.807, 2.05) is 6.92 Å². The first kappa shape index (κ1) is 27.7. The second-order valence-electron chi connectivity index (χ2n) is 8.44. The molecule has 4 N–H and O–H groups in total. The van der Waals surface area contributed by atoms with E-state index in [0.29, 0.717) is 63.3 Å². The molecule has 0 aliphatic carbocycles. The van der Waals surface area contributed by atoms with Gasteiger partial charge in [0, 0.05) is 36.3 Å². The predicted octanol–water partition coefficient (Wildman–Crippen LogP) is 6.28. The summed E-state index contributed by atoms with van der Waals surface area (Å²) in [7, 11) is 0. The number of hydrogen-bond acceptors (Lipinski definition) is 7. The van der Waals surface area contributed by atoms with Gasteiger partial charge in [0.25, 0.3) is 0 Å². The van der Waals surface area contributed by atoms with Gasteiger partial charge in [-0.25, -0.2) is 0 Å². The number of primary amides is 1. The lowest BCUT2D eigenvalue weighted by molar-refractivity contribution is -0.134.